The average molecular weight is 374 g/mol. The van der Waals surface area contributed by atoms with E-state index in [1.54, 1.807) is 0 Å². The molecule has 0 fully saturated rings. The quantitative estimate of drug-likeness (QED) is 0.502. The largest absolute Gasteiger partial charge is 0.346 e. The Kier molecular flexibility index (Phi) is 4.19. The van der Waals surface area contributed by atoms with Crippen molar-refractivity contribution in [3.05, 3.63) is 83.2 Å². The number of hydrogen-bond donors (Lipinski definition) is 1. The Balaban J connectivity index is 1.39. The van der Waals surface area contributed by atoms with Gasteiger partial charge in [-0.05, 0) is 52.6 Å². The molecule has 0 amide bonds. The SMILES string of the molecule is Clc1cc(CN2CC=C(c3c[nH]c4ncccc34)CC2)c2ccccc2c1. The third kappa shape index (κ3) is 3.14. The van der Waals surface area contributed by atoms with Gasteiger partial charge < -0.3 is 4.98 Å². The molecule has 1 N–H and O–H groups in total. The summed E-state index contributed by atoms with van der Waals surface area (Å²) >= 11 is 6.35. The van der Waals surface area contributed by atoms with E-state index in [-0.39, 0.29) is 0 Å². The lowest BCUT2D eigenvalue weighted by molar-refractivity contribution is 0.295. The highest BCUT2D eigenvalue weighted by atomic mass is 35.5. The summed E-state index contributed by atoms with van der Waals surface area (Å²) in [5, 5.41) is 4.51. The van der Waals surface area contributed by atoms with Crippen molar-refractivity contribution >= 4 is 39.0 Å². The van der Waals surface area contributed by atoms with Gasteiger partial charge in [0.15, 0.2) is 0 Å². The maximum absolute atomic E-state index is 6.35. The zero-order valence-corrected chi connectivity index (χ0v) is 15.7. The summed E-state index contributed by atoms with van der Waals surface area (Å²) in [5.74, 6) is 0. The number of H-pyrrole nitrogens is 1. The molecule has 0 saturated heterocycles. The lowest BCUT2D eigenvalue weighted by atomic mass is 9.98. The van der Waals surface area contributed by atoms with Crippen molar-refractivity contribution in [1.82, 2.24) is 14.9 Å². The second kappa shape index (κ2) is 6.84. The normalized spacial score (nSPS) is 15.4. The fourth-order valence-electron chi connectivity index (χ4n) is 4.04. The topological polar surface area (TPSA) is 31.9 Å². The lowest BCUT2D eigenvalue weighted by Gasteiger charge is -2.27. The molecule has 2 aromatic carbocycles. The van der Waals surface area contributed by atoms with Crippen LogP contribution in [0.15, 0.2) is 67.0 Å². The van der Waals surface area contributed by atoms with Crippen LogP contribution < -0.4 is 0 Å². The van der Waals surface area contributed by atoms with E-state index < -0.39 is 0 Å². The number of fused-ring (bicyclic) bond motifs is 2. The van der Waals surface area contributed by atoms with Gasteiger partial charge in [0.1, 0.15) is 5.65 Å². The van der Waals surface area contributed by atoms with Crippen LogP contribution in [-0.2, 0) is 6.54 Å². The number of rotatable bonds is 3. The van der Waals surface area contributed by atoms with Gasteiger partial charge in [-0.25, -0.2) is 4.98 Å². The van der Waals surface area contributed by atoms with Crippen molar-refractivity contribution in [2.75, 3.05) is 13.1 Å². The maximum atomic E-state index is 6.35. The molecule has 3 heterocycles. The van der Waals surface area contributed by atoms with Gasteiger partial charge in [0.05, 0.1) is 0 Å². The summed E-state index contributed by atoms with van der Waals surface area (Å²) in [4.78, 5) is 10.2. The van der Waals surface area contributed by atoms with E-state index in [1.807, 2.05) is 18.3 Å². The van der Waals surface area contributed by atoms with Crippen LogP contribution in [-0.4, -0.2) is 28.0 Å². The fourth-order valence-corrected chi connectivity index (χ4v) is 4.29. The van der Waals surface area contributed by atoms with Crippen molar-refractivity contribution in [1.29, 1.82) is 0 Å². The zero-order chi connectivity index (χ0) is 18.2. The van der Waals surface area contributed by atoms with Gasteiger partial charge in [0, 0.05) is 48.0 Å². The van der Waals surface area contributed by atoms with Gasteiger partial charge in [-0.3, -0.25) is 4.90 Å². The molecular formula is C23H20ClN3. The first-order valence-corrected chi connectivity index (χ1v) is 9.67. The third-order valence-corrected chi connectivity index (χ3v) is 5.61. The zero-order valence-electron chi connectivity index (χ0n) is 15.0. The Labute approximate surface area is 163 Å². The first-order valence-electron chi connectivity index (χ1n) is 9.29. The second-order valence-corrected chi connectivity index (χ2v) is 7.54. The highest BCUT2D eigenvalue weighted by molar-refractivity contribution is 6.31. The number of halogens is 1. The Morgan fingerprint density at radius 2 is 1.96 bits per heavy atom. The molecule has 4 heteroatoms. The summed E-state index contributed by atoms with van der Waals surface area (Å²) in [6, 6.07) is 16.8. The van der Waals surface area contributed by atoms with Crippen molar-refractivity contribution in [3.63, 3.8) is 0 Å². The highest BCUT2D eigenvalue weighted by Gasteiger charge is 2.17. The molecule has 134 valence electrons. The van der Waals surface area contributed by atoms with E-state index in [1.165, 1.54) is 32.9 Å². The number of hydrogen-bond acceptors (Lipinski definition) is 2. The van der Waals surface area contributed by atoms with Gasteiger partial charge in [0.2, 0.25) is 0 Å². The van der Waals surface area contributed by atoms with Crippen LogP contribution in [0.25, 0.3) is 27.4 Å². The van der Waals surface area contributed by atoms with Crippen LogP contribution in [0.2, 0.25) is 5.02 Å². The number of pyridine rings is 1. The molecule has 0 saturated carbocycles. The first kappa shape index (κ1) is 16.5. The van der Waals surface area contributed by atoms with Crippen molar-refractivity contribution in [2.45, 2.75) is 13.0 Å². The molecule has 3 nitrogen and oxygen atoms in total. The smallest absolute Gasteiger partial charge is 0.137 e. The number of benzene rings is 2. The average Bonchev–Trinajstić information content (AvgIpc) is 3.13. The number of nitrogens with one attached hydrogen (secondary N) is 1. The molecule has 0 unspecified atom stereocenters. The molecule has 5 rings (SSSR count). The Morgan fingerprint density at radius 1 is 1.07 bits per heavy atom. The molecule has 1 aliphatic rings. The molecule has 27 heavy (non-hydrogen) atoms. The molecule has 0 bridgehead atoms. The van der Waals surface area contributed by atoms with Crippen LogP contribution in [0.4, 0.5) is 0 Å². The standard InChI is InChI=1S/C23H20ClN3/c24-19-12-17-4-1-2-5-20(17)18(13-19)15-27-10-7-16(8-11-27)22-14-26-23-21(22)6-3-9-25-23/h1-7,9,12-14H,8,10-11,15H2,(H,25,26). The van der Waals surface area contributed by atoms with Crippen molar-refractivity contribution < 1.29 is 0 Å². The minimum Gasteiger partial charge on any atom is -0.346 e. The summed E-state index contributed by atoms with van der Waals surface area (Å²) in [7, 11) is 0. The maximum Gasteiger partial charge on any atom is 0.137 e. The van der Waals surface area contributed by atoms with E-state index in [4.69, 9.17) is 11.6 Å². The van der Waals surface area contributed by atoms with Crippen LogP contribution in [0, 0.1) is 0 Å². The van der Waals surface area contributed by atoms with E-state index in [9.17, 15) is 0 Å². The second-order valence-electron chi connectivity index (χ2n) is 7.10. The van der Waals surface area contributed by atoms with E-state index in [0.717, 1.165) is 36.7 Å². The Morgan fingerprint density at radius 3 is 2.85 bits per heavy atom. The minimum atomic E-state index is 0.809. The minimum absolute atomic E-state index is 0.809. The number of aromatic nitrogens is 2. The molecule has 0 aliphatic carbocycles. The molecule has 4 aromatic rings. The van der Waals surface area contributed by atoms with Gasteiger partial charge >= 0.3 is 0 Å². The van der Waals surface area contributed by atoms with Gasteiger partial charge in [0.25, 0.3) is 0 Å². The van der Waals surface area contributed by atoms with Gasteiger partial charge in [-0.2, -0.15) is 0 Å². The summed E-state index contributed by atoms with van der Waals surface area (Å²) < 4.78 is 0. The van der Waals surface area contributed by atoms with Gasteiger partial charge in [-0.15, -0.1) is 0 Å². The molecule has 0 spiro atoms. The monoisotopic (exact) mass is 373 g/mol. The van der Waals surface area contributed by atoms with Crippen LogP contribution >= 0.6 is 11.6 Å². The van der Waals surface area contributed by atoms with Crippen LogP contribution in [0.5, 0.6) is 0 Å². The van der Waals surface area contributed by atoms with E-state index in [2.05, 4.69) is 63.5 Å². The van der Waals surface area contributed by atoms with E-state index in [0.29, 0.717) is 0 Å². The molecule has 0 atom stereocenters. The van der Waals surface area contributed by atoms with Crippen molar-refractivity contribution in [3.8, 4) is 0 Å². The number of nitrogens with zero attached hydrogens (tertiary/aromatic N) is 2. The summed E-state index contributed by atoms with van der Waals surface area (Å²) in [6.45, 7) is 2.91. The van der Waals surface area contributed by atoms with Crippen LogP contribution in [0.1, 0.15) is 17.5 Å². The van der Waals surface area contributed by atoms with E-state index >= 15 is 0 Å². The van der Waals surface area contributed by atoms with Crippen molar-refractivity contribution in [2.24, 2.45) is 0 Å². The highest BCUT2D eigenvalue weighted by Crippen LogP contribution is 2.30. The number of aromatic amines is 1. The molecular weight excluding hydrogens is 354 g/mol. The van der Waals surface area contributed by atoms with Gasteiger partial charge in [-0.1, -0.05) is 41.9 Å². The first-order chi connectivity index (χ1) is 13.3. The lowest BCUT2D eigenvalue weighted by Crippen LogP contribution is -2.28. The summed E-state index contributed by atoms with van der Waals surface area (Å²) in [6.07, 6.45) is 7.31. The molecule has 0 radical (unpaired) electrons. The molecule has 1 aliphatic heterocycles. The Hall–Kier alpha value is -2.62. The van der Waals surface area contributed by atoms with Crippen LogP contribution in [0.3, 0.4) is 0 Å². The summed E-state index contributed by atoms with van der Waals surface area (Å²) in [5.41, 5.74) is 4.94. The Bertz CT molecular complexity index is 1160. The fraction of sp³-hybridized carbons (Fsp3) is 0.174. The predicted molar refractivity (Wildman–Crippen MR) is 113 cm³/mol. The third-order valence-electron chi connectivity index (χ3n) is 5.40. The molecule has 2 aromatic heterocycles. The predicted octanol–water partition coefficient (Wildman–Crippen LogP) is 5.66.